The van der Waals surface area contributed by atoms with Crippen LogP contribution in [0.3, 0.4) is 0 Å². The molecule has 0 aliphatic heterocycles. The van der Waals surface area contributed by atoms with Crippen LogP contribution in [0.2, 0.25) is 0 Å². The number of aliphatic hydroxyl groups excluding tert-OH is 1. The first-order valence-electron chi connectivity index (χ1n) is 22.6. The Kier molecular flexibility index (Phi) is 19.7. The summed E-state index contributed by atoms with van der Waals surface area (Å²) < 4.78 is 15.1. The zero-order valence-electron chi connectivity index (χ0n) is 37.3. The molecule has 2 aromatic rings. The third-order valence-corrected chi connectivity index (χ3v) is 14.6. The molecule has 0 spiro atoms. The number of rotatable bonds is 16. The molecule has 4 saturated carbocycles. The molecule has 338 valence electrons. The molecule has 0 aromatic heterocycles. The van der Waals surface area contributed by atoms with Crippen molar-refractivity contribution in [2.24, 2.45) is 46.2 Å². The van der Waals surface area contributed by atoms with Gasteiger partial charge in [0.15, 0.2) is 0 Å². The Hall–Kier alpha value is -4.29. The minimum absolute atomic E-state index is 0.0370. The monoisotopic (exact) mass is 848 g/mol. The van der Waals surface area contributed by atoms with Crippen LogP contribution in [-0.2, 0) is 51.4 Å². The standard InChI is InChI=1S/C38H57N3O6.C10H12O2.CH4O/c1-37-21-19-31-29(30(37)15-13-26(37)10-7-11-34(43)46-3)14-12-27-22-28(18-20-38(27,31)2)41-33(42)23-40-36(45)32(39)16-17-35(44)47-24-25-8-5-4-6-9-25;1-2-10(11)12-8-9-6-4-3-5-7-9;1-2/h4-6,8-9,26-32H,7,10-24,39H2,1-3H3,(H,40,45)(H,41,42);3-7H,2,8H2,1H3;2H,1H3. The number of esters is 3. The van der Waals surface area contributed by atoms with Gasteiger partial charge in [0.05, 0.1) is 19.7 Å². The van der Waals surface area contributed by atoms with Gasteiger partial charge in [0.1, 0.15) is 13.2 Å². The van der Waals surface area contributed by atoms with Crippen LogP contribution in [0, 0.1) is 40.4 Å². The van der Waals surface area contributed by atoms with Gasteiger partial charge in [-0.25, -0.2) is 0 Å². The van der Waals surface area contributed by atoms with Crippen LogP contribution >= 0.6 is 0 Å². The Morgan fingerprint density at radius 3 is 2.00 bits per heavy atom. The van der Waals surface area contributed by atoms with Crippen LogP contribution in [0.1, 0.15) is 128 Å². The maximum absolute atomic E-state index is 12.8. The summed E-state index contributed by atoms with van der Waals surface area (Å²) in [6.45, 7) is 7.33. The molecular weight excluding hydrogens is 775 g/mol. The molecule has 6 rings (SSSR count). The van der Waals surface area contributed by atoms with Gasteiger partial charge >= 0.3 is 17.9 Å². The van der Waals surface area contributed by atoms with Crippen molar-refractivity contribution in [3.05, 3.63) is 71.8 Å². The summed E-state index contributed by atoms with van der Waals surface area (Å²) in [5.41, 5.74) is 8.64. The Morgan fingerprint density at radius 2 is 1.38 bits per heavy atom. The Balaban J connectivity index is 0.000000500. The normalized spacial score (nSPS) is 27.7. The fourth-order valence-electron chi connectivity index (χ4n) is 11.2. The summed E-state index contributed by atoms with van der Waals surface area (Å²) in [6.07, 6.45) is 14.1. The van der Waals surface area contributed by atoms with E-state index in [-0.39, 0.29) is 49.9 Å². The number of ether oxygens (including phenoxy) is 3. The predicted octanol–water partition coefficient (Wildman–Crippen LogP) is 7.19. The van der Waals surface area contributed by atoms with E-state index >= 15 is 0 Å². The predicted molar refractivity (Wildman–Crippen MR) is 234 cm³/mol. The van der Waals surface area contributed by atoms with Gasteiger partial charge in [-0.15, -0.1) is 0 Å². The van der Waals surface area contributed by atoms with Crippen molar-refractivity contribution < 1.29 is 43.3 Å². The zero-order valence-corrected chi connectivity index (χ0v) is 37.3. The third-order valence-electron chi connectivity index (χ3n) is 14.6. The van der Waals surface area contributed by atoms with Crippen LogP contribution in [0.4, 0.5) is 0 Å². The average molecular weight is 848 g/mol. The van der Waals surface area contributed by atoms with Crippen molar-refractivity contribution in [3.8, 4) is 0 Å². The zero-order chi connectivity index (χ0) is 44.4. The molecule has 4 aliphatic rings. The Morgan fingerprint density at radius 1 is 0.770 bits per heavy atom. The van der Waals surface area contributed by atoms with E-state index in [2.05, 4.69) is 24.5 Å². The summed E-state index contributed by atoms with van der Waals surface area (Å²) in [7, 11) is 2.48. The highest BCUT2D eigenvalue weighted by atomic mass is 16.5. The van der Waals surface area contributed by atoms with Gasteiger partial charge in [-0.1, -0.05) is 81.4 Å². The van der Waals surface area contributed by atoms with Crippen LogP contribution < -0.4 is 16.4 Å². The van der Waals surface area contributed by atoms with E-state index in [1.165, 1.54) is 45.6 Å². The number of aliphatic hydroxyl groups is 1. The van der Waals surface area contributed by atoms with Gasteiger partial charge in [-0.2, -0.15) is 0 Å². The average Bonchev–Trinajstić information content (AvgIpc) is 3.63. The van der Waals surface area contributed by atoms with E-state index in [0.29, 0.717) is 42.1 Å². The number of fused-ring (bicyclic) bond motifs is 5. The molecule has 2 amide bonds. The highest BCUT2D eigenvalue weighted by molar-refractivity contribution is 5.87. The second kappa shape index (κ2) is 24.4. The van der Waals surface area contributed by atoms with E-state index in [4.69, 9.17) is 25.1 Å². The number of methoxy groups -OCH3 is 1. The van der Waals surface area contributed by atoms with Crippen molar-refractivity contribution in [1.82, 2.24) is 10.6 Å². The number of nitrogens with one attached hydrogen (secondary N) is 2. The SMILES string of the molecule is CCC(=O)OCc1ccccc1.CO.COC(=O)CCCC1CCC2C3CCC4CC(NC(=O)CNC(=O)C(N)CCC(=O)OCc5ccccc5)CCC4(C)C3CCC12C. The first kappa shape index (κ1) is 49.4. The lowest BCUT2D eigenvalue weighted by molar-refractivity contribution is -0.145. The first-order valence-corrected chi connectivity index (χ1v) is 22.6. The van der Waals surface area contributed by atoms with Crippen LogP contribution in [0.5, 0.6) is 0 Å². The summed E-state index contributed by atoms with van der Waals surface area (Å²) in [6, 6.07) is 18.3. The molecule has 4 fully saturated rings. The van der Waals surface area contributed by atoms with E-state index < -0.39 is 17.9 Å². The maximum Gasteiger partial charge on any atom is 0.306 e. The second-order valence-corrected chi connectivity index (χ2v) is 18.0. The number of carbonyl (C=O) groups excluding carboxylic acids is 5. The highest BCUT2D eigenvalue weighted by Gasteiger charge is 2.60. The molecule has 9 atom stereocenters. The van der Waals surface area contributed by atoms with E-state index in [1.807, 2.05) is 60.7 Å². The van der Waals surface area contributed by atoms with E-state index in [0.717, 1.165) is 68.1 Å². The topological polar surface area (TPSA) is 183 Å². The molecule has 0 bridgehead atoms. The number of hydrogen-bond acceptors (Lipinski definition) is 10. The molecule has 12 heteroatoms. The lowest BCUT2D eigenvalue weighted by Gasteiger charge is -2.61. The number of amides is 2. The molecule has 0 heterocycles. The van der Waals surface area contributed by atoms with Crippen molar-refractivity contribution in [3.63, 3.8) is 0 Å². The van der Waals surface area contributed by atoms with Crippen molar-refractivity contribution in [1.29, 1.82) is 0 Å². The summed E-state index contributed by atoms with van der Waals surface area (Å²) in [4.78, 5) is 59.9. The molecule has 61 heavy (non-hydrogen) atoms. The van der Waals surface area contributed by atoms with E-state index in [9.17, 15) is 24.0 Å². The quantitative estimate of drug-likeness (QED) is 0.0997. The van der Waals surface area contributed by atoms with Gasteiger partial charge in [-0.3, -0.25) is 24.0 Å². The molecule has 5 N–H and O–H groups in total. The minimum atomic E-state index is -0.884. The molecular formula is C49H73N3O9. The van der Waals surface area contributed by atoms with Gasteiger partial charge < -0.3 is 35.7 Å². The van der Waals surface area contributed by atoms with Crippen LogP contribution in [-0.4, -0.2) is 67.7 Å². The van der Waals surface area contributed by atoms with Crippen LogP contribution in [0.15, 0.2) is 60.7 Å². The van der Waals surface area contributed by atoms with E-state index in [1.54, 1.807) is 6.92 Å². The number of nitrogens with two attached hydrogens (primary N) is 1. The second-order valence-electron chi connectivity index (χ2n) is 18.0. The molecule has 0 saturated heterocycles. The molecule has 9 unspecified atom stereocenters. The summed E-state index contributed by atoms with van der Waals surface area (Å²) >= 11 is 0. The number of carbonyl (C=O) groups is 5. The van der Waals surface area contributed by atoms with Gasteiger partial charge in [0, 0.05) is 32.4 Å². The molecule has 4 aliphatic carbocycles. The number of hydrogen-bond donors (Lipinski definition) is 4. The largest absolute Gasteiger partial charge is 0.469 e. The lowest BCUT2D eigenvalue weighted by atomic mass is 9.44. The summed E-state index contributed by atoms with van der Waals surface area (Å²) in [5.74, 6) is 2.37. The molecule has 0 radical (unpaired) electrons. The first-order chi connectivity index (χ1) is 29.4. The minimum Gasteiger partial charge on any atom is -0.469 e. The molecule has 12 nitrogen and oxygen atoms in total. The van der Waals surface area contributed by atoms with Gasteiger partial charge in [0.25, 0.3) is 0 Å². The van der Waals surface area contributed by atoms with Crippen molar-refractivity contribution in [2.45, 2.75) is 142 Å². The maximum atomic E-state index is 12.8. The Bertz CT molecular complexity index is 1690. The third kappa shape index (κ3) is 13.9. The smallest absolute Gasteiger partial charge is 0.306 e. The fourth-order valence-corrected chi connectivity index (χ4v) is 11.2. The van der Waals surface area contributed by atoms with Crippen molar-refractivity contribution >= 4 is 29.7 Å². The van der Waals surface area contributed by atoms with Crippen molar-refractivity contribution in [2.75, 3.05) is 20.8 Å². The van der Waals surface area contributed by atoms with Crippen LogP contribution in [0.25, 0.3) is 0 Å². The highest BCUT2D eigenvalue weighted by Crippen LogP contribution is 2.68. The Labute approximate surface area is 363 Å². The number of benzene rings is 2. The molecule has 2 aromatic carbocycles. The lowest BCUT2D eigenvalue weighted by Crippen LogP contribution is -2.56. The van der Waals surface area contributed by atoms with Gasteiger partial charge in [0.2, 0.25) is 11.8 Å². The summed E-state index contributed by atoms with van der Waals surface area (Å²) in [5, 5.41) is 12.8. The van der Waals surface area contributed by atoms with Gasteiger partial charge in [-0.05, 0) is 129 Å². The fraction of sp³-hybridized carbons (Fsp3) is 0.653.